The lowest BCUT2D eigenvalue weighted by Gasteiger charge is -2.28. The van der Waals surface area contributed by atoms with E-state index < -0.39 is 5.97 Å². The average Bonchev–Trinajstić information content (AvgIpc) is 3.15. The second-order valence-corrected chi connectivity index (χ2v) is 9.20. The molecule has 2 aliphatic heterocycles. The van der Waals surface area contributed by atoms with Crippen LogP contribution in [0.5, 0.6) is 0 Å². The van der Waals surface area contributed by atoms with E-state index in [-0.39, 0.29) is 35.5 Å². The van der Waals surface area contributed by atoms with Gasteiger partial charge in [0.2, 0.25) is 5.91 Å². The number of carboxylic acid groups (broad SMARTS) is 1. The van der Waals surface area contributed by atoms with Gasteiger partial charge in [0.05, 0.1) is 5.75 Å². The van der Waals surface area contributed by atoms with Gasteiger partial charge in [0.1, 0.15) is 5.76 Å². The van der Waals surface area contributed by atoms with Crippen LogP contribution in [0.1, 0.15) is 42.0 Å². The standard InChI is InChI=1S/C20H26N2O5S/c1-28-10-15-4-5-16(27-15)19(26)22-9-14-8-21(18(25)13-2-3-13)11-20(14,12-22)7-6-17(23)24/h4-5,13-14H,2-3,6-12H2,1H3,(H,23,24)/t14-,20+/m1/s1. The molecule has 8 heteroatoms. The highest BCUT2D eigenvalue weighted by Gasteiger charge is 2.55. The highest BCUT2D eigenvalue weighted by molar-refractivity contribution is 7.97. The topological polar surface area (TPSA) is 91.1 Å². The van der Waals surface area contributed by atoms with Crippen LogP contribution in [-0.2, 0) is 15.3 Å². The summed E-state index contributed by atoms with van der Waals surface area (Å²) >= 11 is 1.63. The van der Waals surface area contributed by atoms with Gasteiger partial charge in [-0.2, -0.15) is 11.8 Å². The van der Waals surface area contributed by atoms with Crippen LogP contribution in [0.15, 0.2) is 16.5 Å². The Hall–Kier alpha value is -1.96. The third-order valence-corrected chi connectivity index (χ3v) is 6.85. The minimum atomic E-state index is -0.836. The first-order chi connectivity index (χ1) is 13.4. The molecule has 2 amide bonds. The maximum atomic E-state index is 12.9. The lowest BCUT2D eigenvalue weighted by molar-refractivity contribution is -0.137. The van der Waals surface area contributed by atoms with Crippen molar-refractivity contribution in [3.63, 3.8) is 0 Å². The van der Waals surface area contributed by atoms with Crippen molar-refractivity contribution in [2.45, 2.75) is 31.4 Å². The highest BCUT2D eigenvalue weighted by Crippen LogP contribution is 2.47. The molecule has 1 saturated carbocycles. The van der Waals surface area contributed by atoms with Crippen LogP contribution in [-0.4, -0.2) is 65.1 Å². The fourth-order valence-electron chi connectivity index (χ4n) is 4.67. The molecule has 152 valence electrons. The van der Waals surface area contributed by atoms with Crippen molar-refractivity contribution in [1.29, 1.82) is 0 Å². The number of hydrogen-bond donors (Lipinski definition) is 1. The van der Waals surface area contributed by atoms with Crippen molar-refractivity contribution in [1.82, 2.24) is 9.80 Å². The lowest BCUT2D eigenvalue weighted by atomic mass is 9.77. The summed E-state index contributed by atoms with van der Waals surface area (Å²) in [7, 11) is 0. The Morgan fingerprint density at radius 1 is 1.21 bits per heavy atom. The molecule has 1 aromatic heterocycles. The van der Waals surface area contributed by atoms with Crippen LogP contribution in [0.25, 0.3) is 0 Å². The van der Waals surface area contributed by atoms with Crippen LogP contribution < -0.4 is 0 Å². The van der Waals surface area contributed by atoms with Gasteiger partial charge in [-0.25, -0.2) is 0 Å². The summed E-state index contributed by atoms with van der Waals surface area (Å²) in [4.78, 5) is 40.4. The number of fused-ring (bicyclic) bond motifs is 1. The van der Waals surface area contributed by atoms with E-state index in [1.54, 1.807) is 22.7 Å². The normalized spacial score (nSPS) is 26.5. The Bertz CT molecular complexity index is 789. The van der Waals surface area contributed by atoms with Gasteiger partial charge < -0.3 is 19.3 Å². The number of carbonyl (C=O) groups is 3. The fraction of sp³-hybridized carbons (Fsp3) is 0.650. The number of rotatable bonds is 7. The van der Waals surface area contributed by atoms with E-state index in [0.29, 0.717) is 38.4 Å². The van der Waals surface area contributed by atoms with Gasteiger partial charge in [-0.1, -0.05) is 0 Å². The SMILES string of the molecule is CSCc1ccc(C(=O)N2C[C@H]3CN(C(=O)C4CC4)C[C@@]3(CCC(=O)O)C2)o1. The van der Waals surface area contributed by atoms with E-state index in [4.69, 9.17) is 4.42 Å². The number of nitrogens with zero attached hydrogens (tertiary/aromatic N) is 2. The molecule has 0 radical (unpaired) electrons. The minimum Gasteiger partial charge on any atom is -0.481 e. The second-order valence-electron chi connectivity index (χ2n) is 8.33. The molecule has 0 bridgehead atoms. The van der Waals surface area contributed by atoms with E-state index in [2.05, 4.69) is 0 Å². The van der Waals surface area contributed by atoms with Gasteiger partial charge in [-0.3, -0.25) is 14.4 Å². The summed E-state index contributed by atoms with van der Waals surface area (Å²) in [5.74, 6) is 1.34. The van der Waals surface area contributed by atoms with E-state index in [1.807, 2.05) is 17.2 Å². The minimum absolute atomic E-state index is 0.0581. The number of hydrogen-bond acceptors (Lipinski definition) is 5. The fourth-order valence-corrected chi connectivity index (χ4v) is 5.11. The Morgan fingerprint density at radius 2 is 1.93 bits per heavy atom. The first-order valence-electron chi connectivity index (χ1n) is 9.79. The Balaban J connectivity index is 1.48. The summed E-state index contributed by atoms with van der Waals surface area (Å²) in [6.07, 6.45) is 4.45. The summed E-state index contributed by atoms with van der Waals surface area (Å²) in [5.41, 5.74) is -0.326. The first kappa shape index (κ1) is 19.4. The average molecular weight is 407 g/mol. The maximum absolute atomic E-state index is 12.9. The number of likely N-dealkylation sites (tertiary alicyclic amines) is 2. The molecule has 2 atom stereocenters. The van der Waals surface area contributed by atoms with Crippen LogP contribution in [0.2, 0.25) is 0 Å². The number of amides is 2. The monoisotopic (exact) mass is 406 g/mol. The van der Waals surface area contributed by atoms with Crippen LogP contribution in [0.4, 0.5) is 0 Å². The smallest absolute Gasteiger partial charge is 0.303 e. The molecule has 28 heavy (non-hydrogen) atoms. The molecule has 3 fully saturated rings. The summed E-state index contributed by atoms with van der Waals surface area (Å²) in [6, 6.07) is 3.55. The number of carboxylic acids is 1. The molecule has 3 heterocycles. The van der Waals surface area contributed by atoms with Crippen molar-refractivity contribution in [2.24, 2.45) is 17.3 Å². The van der Waals surface area contributed by atoms with Crippen molar-refractivity contribution >= 4 is 29.5 Å². The second kappa shape index (κ2) is 7.46. The van der Waals surface area contributed by atoms with Crippen molar-refractivity contribution in [3.8, 4) is 0 Å². The largest absolute Gasteiger partial charge is 0.481 e. The van der Waals surface area contributed by atoms with Gasteiger partial charge in [0.15, 0.2) is 5.76 Å². The summed E-state index contributed by atoms with van der Waals surface area (Å²) in [5, 5.41) is 9.19. The zero-order valence-electron chi connectivity index (χ0n) is 16.1. The molecule has 0 spiro atoms. The molecule has 3 aliphatic rings. The molecule has 2 saturated heterocycles. The Morgan fingerprint density at radius 3 is 2.61 bits per heavy atom. The molecule has 1 aliphatic carbocycles. The Labute approximate surface area is 168 Å². The molecule has 1 N–H and O–H groups in total. The van der Waals surface area contributed by atoms with Crippen molar-refractivity contribution in [3.05, 3.63) is 23.7 Å². The van der Waals surface area contributed by atoms with E-state index in [9.17, 15) is 19.5 Å². The molecule has 0 unspecified atom stereocenters. The summed E-state index contributed by atoms with van der Waals surface area (Å²) < 4.78 is 5.68. The quantitative estimate of drug-likeness (QED) is 0.747. The summed E-state index contributed by atoms with van der Waals surface area (Å²) in [6.45, 7) is 2.21. The Kier molecular flexibility index (Phi) is 5.16. The van der Waals surface area contributed by atoms with Gasteiger partial charge >= 0.3 is 5.97 Å². The van der Waals surface area contributed by atoms with Crippen LogP contribution in [0.3, 0.4) is 0 Å². The molecule has 7 nitrogen and oxygen atoms in total. The third-order valence-electron chi connectivity index (χ3n) is 6.28. The zero-order chi connectivity index (χ0) is 19.9. The number of thioether (sulfide) groups is 1. The van der Waals surface area contributed by atoms with E-state index >= 15 is 0 Å². The van der Waals surface area contributed by atoms with Gasteiger partial charge in [-0.05, 0) is 37.7 Å². The first-order valence-corrected chi connectivity index (χ1v) is 11.2. The predicted molar refractivity (Wildman–Crippen MR) is 104 cm³/mol. The van der Waals surface area contributed by atoms with Gasteiger partial charge in [0, 0.05) is 49.9 Å². The number of aliphatic carboxylic acids is 1. The molecule has 0 aromatic carbocycles. The zero-order valence-corrected chi connectivity index (χ0v) is 16.9. The predicted octanol–water partition coefficient (Wildman–Crippen LogP) is 2.32. The van der Waals surface area contributed by atoms with E-state index in [0.717, 1.165) is 24.4 Å². The van der Waals surface area contributed by atoms with Crippen molar-refractivity contribution in [2.75, 3.05) is 32.4 Å². The van der Waals surface area contributed by atoms with Gasteiger partial charge in [-0.15, -0.1) is 0 Å². The van der Waals surface area contributed by atoms with Gasteiger partial charge in [0.25, 0.3) is 5.91 Å². The van der Waals surface area contributed by atoms with Crippen molar-refractivity contribution < 1.29 is 23.9 Å². The molecular formula is C20H26N2O5S. The van der Waals surface area contributed by atoms with E-state index in [1.165, 1.54) is 0 Å². The molecular weight excluding hydrogens is 380 g/mol. The number of furan rings is 1. The van der Waals surface area contributed by atoms with Crippen LogP contribution >= 0.6 is 11.8 Å². The van der Waals surface area contributed by atoms with Crippen LogP contribution in [0, 0.1) is 17.3 Å². The maximum Gasteiger partial charge on any atom is 0.303 e. The molecule has 4 rings (SSSR count). The number of carbonyl (C=O) groups excluding carboxylic acids is 2. The highest BCUT2D eigenvalue weighted by atomic mass is 32.2. The third kappa shape index (κ3) is 3.66. The molecule has 1 aromatic rings. The lowest BCUT2D eigenvalue weighted by Crippen LogP contribution is -2.39.